The van der Waals surface area contributed by atoms with E-state index in [1.165, 1.54) is 43.8 Å². The third-order valence-electron chi connectivity index (χ3n) is 5.49. The van der Waals surface area contributed by atoms with Crippen molar-refractivity contribution in [2.75, 3.05) is 0 Å². The first-order valence-corrected chi connectivity index (χ1v) is 14.7. The third-order valence-corrected chi connectivity index (χ3v) is 5.49. The Bertz CT molecular complexity index is 1360. The monoisotopic (exact) mass is 460 g/mol. The molecule has 152 valence electrons. The predicted molar refractivity (Wildman–Crippen MR) is 138 cm³/mol. The molecule has 0 aliphatic carbocycles. The van der Waals surface area contributed by atoms with Crippen LogP contribution >= 0.6 is 0 Å². The molecule has 0 saturated carbocycles. The topological polar surface area (TPSA) is 0 Å². The summed E-state index contributed by atoms with van der Waals surface area (Å²) in [5, 5.41) is 5.28. The zero-order chi connectivity index (χ0) is 22.2. The van der Waals surface area contributed by atoms with Crippen molar-refractivity contribution >= 4 is 29.2 Å². The molecule has 0 aliphatic heterocycles. The summed E-state index contributed by atoms with van der Waals surface area (Å²) < 4.78 is 0. The molecule has 0 spiro atoms. The maximum Gasteiger partial charge on any atom is -0.0582 e. The zero-order valence-corrected chi connectivity index (χ0v) is 20.9. The molecular weight excluding hydrogens is 436 g/mol. The molecule has 0 unspecified atom stereocenters. The van der Waals surface area contributed by atoms with Gasteiger partial charge < -0.3 is 0 Å². The Morgan fingerprint density at radius 1 is 0.531 bits per heavy atom. The first-order chi connectivity index (χ1) is 15.9. The Morgan fingerprint density at radius 3 is 1.78 bits per heavy atom. The average molecular weight is 460 g/mol. The van der Waals surface area contributed by atoms with Crippen LogP contribution in [0.25, 0.3) is 43.8 Å². The van der Waals surface area contributed by atoms with Crippen LogP contribution in [0.5, 0.6) is 0 Å². The van der Waals surface area contributed by atoms with E-state index < -0.39 is 0 Å². The SMILES string of the molecule is [SiH2]=[Ti+2].c1ccc(-c2[cH-]c3ccccc3c2-c2ccccc2)cc1.c1ccc2[cH-]ccc2c1. The molecule has 0 bridgehead atoms. The van der Waals surface area contributed by atoms with Gasteiger partial charge in [0.2, 0.25) is 0 Å². The summed E-state index contributed by atoms with van der Waals surface area (Å²) >= 11 is 2.03. The molecule has 0 aliphatic rings. The molecule has 0 atom stereocenters. The number of fused-ring (bicyclic) bond motifs is 2. The zero-order valence-electron chi connectivity index (χ0n) is 17.9. The molecule has 32 heavy (non-hydrogen) atoms. The molecule has 2 heteroatoms. The molecular formula is C30H24SiTi. The minimum atomic E-state index is 1.27. The molecule has 6 aromatic rings. The molecule has 0 nitrogen and oxygen atoms in total. The molecule has 6 aromatic carbocycles. The van der Waals surface area contributed by atoms with E-state index in [-0.39, 0.29) is 0 Å². The van der Waals surface area contributed by atoms with Gasteiger partial charge in [0.15, 0.2) is 0 Å². The molecule has 0 amide bonds. The van der Waals surface area contributed by atoms with Crippen molar-refractivity contribution in [1.82, 2.24) is 0 Å². The fourth-order valence-electron chi connectivity index (χ4n) is 4.05. The van der Waals surface area contributed by atoms with Crippen LogP contribution in [0, 0.1) is 0 Å². The minimum absolute atomic E-state index is 1.27. The van der Waals surface area contributed by atoms with Crippen LogP contribution in [0.4, 0.5) is 0 Å². The van der Waals surface area contributed by atoms with Gasteiger partial charge in [-0.25, -0.2) is 0 Å². The Hall–Kier alpha value is -2.97. The summed E-state index contributed by atoms with van der Waals surface area (Å²) in [5.74, 6) is 0. The average Bonchev–Trinajstić information content (AvgIpc) is 3.52. The fourth-order valence-corrected chi connectivity index (χ4v) is 4.05. The Kier molecular flexibility index (Phi) is 7.69. The van der Waals surface area contributed by atoms with E-state index in [4.69, 9.17) is 0 Å². The van der Waals surface area contributed by atoms with Gasteiger partial charge in [0, 0.05) is 0 Å². The van der Waals surface area contributed by atoms with E-state index in [1.807, 2.05) is 26.8 Å². The summed E-state index contributed by atoms with van der Waals surface area (Å²) in [5.41, 5.74) is 5.19. The summed E-state index contributed by atoms with van der Waals surface area (Å²) in [6, 6.07) is 46.9. The van der Waals surface area contributed by atoms with Crippen molar-refractivity contribution in [3.8, 4) is 22.3 Å². The number of hydrogen-bond acceptors (Lipinski definition) is 0. The first kappa shape index (κ1) is 22.2. The molecule has 6 rings (SSSR count). The van der Waals surface area contributed by atoms with Gasteiger partial charge in [0.05, 0.1) is 0 Å². The first-order valence-electron chi connectivity index (χ1n) is 10.7. The van der Waals surface area contributed by atoms with Gasteiger partial charge in [0.1, 0.15) is 0 Å². The Labute approximate surface area is 203 Å². The van der Waals surface area contributed by atoms with Gasteiger partial charge in [-0.2, -0.15) is 17.5 Å². The van der Waals surface area contributed by atoms with Crippen molar-refractivity contribution in [2.24, 2.45) is 0 Å². The van der Waals surface area contributed by atoms with Crippen LogP contribution < -0.4 is 0 Å². The van der Waals surface area contributed by atoms with Crippen molar-refractivity contribution in [3.05, 3.63) is 133 Å². The quantitative estimate of drug-likeness (QED) is 0.185. The Balaban J connectivity index is 0.000000185. The van der Waals surface area contributed by atoms with Crippen LogP contribution in [0.15, 0.2) is 133 Å². The van der Waals surface area contributed by atoms with Crippen LogP contribution in [0.1, 0.15) is 0 Å². The molecule has 0 heterocycles. The molecule has 0 N–H and O–H groups in total. The Morgan fingerprint density at radius 2 is 1.09 bits per heavy atom. The van der Waals surface area contributed by atoms with Gasteiger partial charge in [0.25, 0.3) is 0 Å². The van der Waals surface area contributed by atoms with E-state index in [9.17, 15) is 0 Å². The van der Waals surface area contributed by atoms with Gasteiger partial charge in [-0.3, -0.25) is 0 Å². The normalized spacial score (nSPS) is 10.2. The number of hydrogen-bond donors (Lipinski definition) is 0. The largest absolute Gasteiger partial charge is 0.168 e. The van der Waals surface area contributed by atoms with E-state index in [0.717, 1.165) is 0 Å². The van der Waals surface area contributed by atoms with Crippen molar-refractivity contribution in [2.45, 2.75) is 0 Å². The molecule has 0 fully saturated rings. The second kappa shape index (κ2) is 11.1. The second-order valence-electron chi connectivity index (χ2n) is 7.41. The van der Waals surface area contributed by atoms with E-state index in [1.54, 1.807) is 0 Å². The van der Waals surface area contributed by atoms with E-state index in [2.05, 4.69) is 133 Å². The third kappa shape index (κ3) is 4.92. The van der Waals surface area contributed by atoms with Crippen LogP contribution in [-0.2, 0) is 19.2 Å². The van der Waals surface area contributed by atoms with Gasteiger partial charge in [-0.15, -0.1) is 63.7 Å². The van der Waals surface area contributed by atoms with Gasteiger partial charge >= 0.3 is 26.8 Å². The minimum Gasteiger partial charge on any atom is -0.168 e. The standard InChI is InChI=1S/C21H15.C9H7.H2Si.Ti/c1-3-9-16(10-4-1)20-15-18-13-7-8-14-19(18)21(20)17-11-5-2-6-12-17;1-2-5-9-7-3-6-8(9)4-1;;/h1-15H;1-7H;1H2;/q2*-1;;+2. The molecule has 0 saturated heterocycles. The fraction of sp³-hybridized carbons (Fsp3) is 0. The van der Waals surface area contributed by atoms with Crippen molar-refractivity contribution in [1.29, 1.82) is 0 Å². The maximum absolute atomic E-state index is 2.30. The predicted octanol–water partition coefficient (Wildman–Crippen LogP) is 7.53. The van der Waals surface area contributed by atoms with Crippen LogP contribution in [0.3, 0.4) is 0 Å². The summed E-state index contributed by atoms with van der Waals surface area (Å²) in [7, 11) is 1.86. The number of rotatable bonds is 2. The summed E-state index contributed by atoms with van der Waals surface area (Å²) in [6.07, 6.45) is 0. The summed E-state index contributed by atoms with van der Waals surface area (Å²) in [6.45, 7) is 0. The van der Waals surface area contributed by atoms with Gasteiger partial charge in [-0.1, -0.05) is 96.1 Å². The molecule has 0 radical (unpaired) electrons. The second-order valence-corrected chi connectivity index (χ2v) is 7.41. The van der Waals surface area contributed by atoms with Crippen LogP contribution in [0.2, 0.25) is 0 Å². The van der Waals surface area contributed by atoms with Crippen molar-refractivity contribution in [3.63, 3.8) is 0 Å². The molecule has 0 aromatic heterocycles. The van der Waals surface area contributed by atoms with Crippen LogP contribution in [-0.4, -0.2) is 7.63 Å². The smallest absolute Gasteiger partial charge is 0.0582 e. The summed E-state index contributed by atoms with van der Waals surface area (Å²) in [4.78, 5) is 0. The van der Waals surface area contributed by atoms with E-state index >= 15 is 0 Å². The van der Waals surface area contributed by atoms with Crippen molar-refractivity contribution < 1.29 is 19.2 Å². The maximum atomic E-state index is 2.30. The number of benzene rings is 4. The van der Waals surface area contributed by atoms with E-state index in [0.29, 0.717) is 0 Å². The van der Waals surface area contributed by atoms with Gasteiger partial charge in [-0.05, 0) is 0 Å².